The molecule has 2 aromatic rings. The summed E-state index contributed by atoms with van der Waals surface area (Å²) >= 11 is 0. The standard InChI is InChI=1S/C18H23N3O/c19-12-15-21(14-11-16-6-2-1-3-7-16)18(22)10-9-17-8-4-5-13-20-17/h1-8,13H,9-12,14-15,19H2. The van der Waals surface area contributed by atoms with E-state index in [4.69, 9.17) is 5.73 Å². The van der Waals surface area contributed by atoms with E-state index < -0.39 is 0 Å². The van der Waals surface area contributed by atoms with Gasteiger partial charge in [-0.1, -0.05) is 36.4 Å². The first-order valence-corrected chi connectivity index (χ1v) is 7.71. The zero-order valence-corrected chi connectivity index (χ0v) is 12.8. The lowest BCUT2D eigenvalue weighted by Crippen LogP contribution is -2.37. The first-order valence-electron chi connectivity index (χ1n) is 7.71. The molecule has 0 fully saturated rings. The third kappa shape index (κ3) is 5.30. The van der Waals surface area contributed by atoms with E-state index in [1.165, 1.54) is 5.56 Å². The molecule has 1 aromatic heterocycles. The molecule has 0 atom stereocenters. The van der Waals surface area contributed by atoms with Crippen molar-refractivity contribution >= 4 is 5.91 Å². The van der Waals surface area contributed by atoms with E-state index in [9.17, 15) is 4.79 Å². The van der Waals surface area contributed by atoms with Gasteiger partial charge in [0.15, 0.2) is 0 Å². The van der Waals surface area contributed by atoms with Crippen molar-refractivity contribution in [3.05, 3.63) is 66.0 Å². The van der Waals surface area contributed by atoms with Crippen LogP contribution < -0.4 is 5.73 Å². The molecular weight excluding hydrogens is 274 g/mol. The van der Waals surface area contributed by atoms with Crippen LogP contribution in [0.3, 0.4) is 0 Å². The molecular formula is C18H23N3O. The van der Waals surface area contributed by atoms with Crippen LogP contribution in [0.25, 0.3) is 0 Å². The molecule has 4 nitrogen and oxygen atoms in total. The largest absolute Gasteiger partial charge is 0.341 e. The minimum atomic E-state index is 0.145. The number of benzene rings is 1. The molecule has 0 aliphatic rings. The molecule has 0 radical (unpaired) electrons. The zero-order chi connectivity index (χ0) is 15.6. The van der Waals surface area contributed by atoms with Crippen LogP contribution in [0.1, 0.15) is 17.7 Å². The molecule has 0 saturated carbocycles. The van der Waals surface area contributed by atoms with Crippen LogP contribution in [-0.4, -0.2) is 35.4 Å². The fourth-order valence-corrected chi connectivity index (χ4v) is 2.36. The number of carbonyl (C=O) groups is 1. The molecule has 1 heterocycles. The van der Waals surface area contributed by atoms with Crippen LogP contribution in [0, 0.1) is 0 Å². The van der Waals surface area contributed by atoms with Gasteiger partial charge in [0, 0.05) is 37.9 Å². The quantitative estimate of drug-likeness (QED) is 0.811. The van der Waals surface area contributed by atoms with Crippen LogP contribution in [0.4, 0.5) is 0 Å². The van der Waals surface area contributed by atoms with Gasteiger partial charge in [0.2, 0.25) is 5.91 Å². The van der Waals surface area contributed by atoms with Gasteiger partial charge in [0.05, 0.1) is 0 Å². The van der Waals surface area contributed by atoms with Crippen LogP contribution in [-0.2, 0) is 17.6 Å². The number of pyridine rings is 1. The fourth-order valence-electron chi connectivity index (χ4n) is 2.36. The molecule has 1 aromatic carbocycles. The molecule has 2 rings (SSSR count). The third-order valence-electron chi connectivity index (χ3n) is 3.59. The lowest BCUT2D eigenvalue weighted by Gasteiger charge is -2.22. The Kier molecular flexibility index (Phi) is 6.58. The van der Waals surface area contributed by atoms with Gasteiger partial charge in [-0.15, -0.1) is 0 Å². The van der Waals surface area contributed by atoms with Crippen LogP contribution in [0.15, 0.2) is 54.7 Å². The highest BCUT2D eigenvalue weighted by molar-refractivity contribution is 5.76. The number of nitrogens with zero attached hydrogens (tertiary/aromatic N) is 2. The SMILES string of the molecule is NCCN(CCc1ccccc1)C(=O)CCc1ccccn1. The maximum absolute atomic E-state index is 12.4. The Hall–Kier alpha value is -2.20. The van der Waals surface area contributed by atoms with Crippen molar-refractivity contribution < 1.29 is 4.79 Å². The summed E-state index contributed by atoms with van der Waals surface area (Å²) in [6.07, 6.45) is 3.76. The van der Waals surface area contributed by atoms with Crippen LogP contribution in [0.2, 0.25) is 0 Å². The summed E-state index contributed by atoms with van der Waals surface area (Å²) in [5, 5.41) is 0. The topological polar surface area (TPSA) is 59.2 Å². The Morgan fingerprint density at radius 1 is 1.00 bits per heavy atom. The van der Waals surface area contributed by atoms with Crippen molar-refractivity contribution in [2.24, 2.45) is 5.73 Å². The summed E-state index contributed by atoms with van der Waals surface area (Å²) in [4.78, 5) is 18.5. The molecule has 0 bridgehead atoms. The number of nitrogens with two attached hydrogens (primary N) is 1. The number of hydrogen-bond acceptors (Lipinski definition) is 3. The summed E-state index contributed by atoms with van der Waals surface area (Å²) < 4.78 is 0. The summed E-state index contributed by atoms with van der Waals surface area (Å²) in [5.41, 5.74) is 7.83. The first-order chi connectivity index (χ1) is 10.8. The lowest BCUT2D eigenvalue weighted by molar-refractivity contribution is -0.131. The second kappa shape index (κ2) is 8.95. The molecule has 116 valence electrons. The minimum Gasteiger partial charge on any atom is -0.341 e. The van der Waals surface area contributed by atoms with E-state index in [2.05, 4.69) is 17.1 Å². The Morgan fingerprint density at radius 2 is 1.77 bits per heavy atom. The highest BCUT2D eigenvalue weighted by Crippen LogP contribution is 2.05. The summed E-state index contributed by atoms with van der Waals surface area (Å²) in [5.74, 6) is 0.145. The van der Waals surface area contributed by atoms with Gasteiger partial charge < -0.3 is 10.6 Å². The number of rotatable bonds is 8. The summed E-state index contributed by atoms with van der Waals surface area (Å²) in [6.45, 7) is 1.81. The van der Waals surface area contributed by atoms with Crippen LogP contribution in [0.5, 0.6) is 0 Å². The Balaban J connectivity index is 1.85. The van der Waals surface area contributed by atoms with E-state index in [1.54, 1.807) is 6.20 Å². The molecule has 0 spiro atoms. The Bertz CT molecular complexity index is 557. The number of aryl methyl sites for hydroxylation is 1. The van der Waals surface area contributed by atoms with Gasteiger partial charge >= 0.3 is 0 Å². The van der Waals surface area contributed by atoms with E-state index in [-0.39, 0.29) is 5.91 Å². The maximum Gasteiger partial charge on any atom is 0.223 e. The summed E-state index contributed by atoms with van der Waals surface area (Å²) in [6, 6.07) is 16.0. The second-order valence-electron chi connectivity index (χ2n) is 5.23. The fraction of sp³-hybridized carbons (Fsp3) is 0.333. The molecule has 0 saturated heterocycles. The second-order valence-corrected chi connectivity index (χ2v) is 5.23. The molecule has 22 heavy (non-hydrogen) atoms. The summed E-state index contributed by atoms with van der Waals surface area (Å²) in [7, 11) is 0. The zero-order valence-electron chi connectivity index (χ0n) is 12.8. The Morgan fingerprint density at radius 3 is 2.45 bits per heavy atom. The van der Waals surface area contributed by atoms with E-state index >= 15 is 0 Å². The Labute approximate surface area is 132 Å². The molecule has 0 unspecified atom stereocenters. The maximum atomic E-state index is 12.4. The van der Waals surface area contributed by atoms with Gasteiger partial charge in [-0.2, -0.15) is 0 Å². The van der Waals surface area contributed by atoms with Gasteiger partial charge in [-0.3, -0.25) is 9.78 Å². The average Bonchev–Trinajstić information content (AvgIpc) is 2.58. The molecule has 0 aliphatic carbocycles. The highest BCUT2D eigenvalue weighted by Gasteiger charge is 2.12. The van der Waals surface area contributed by atoms with E-state index in [0.29, 0.717) is 32.5 Å². The molecule has 0 aliphatic heterocycles. The number of carbonyl (C=O) groups excluding carboxylic acids is 1. The van der Waals surface area contributed by atoms with Crippen molar-refractivity contribution in [3.63, 3.8) is 0 Å². The molecule has 1 amide bonds. The first kappa shape index (κ1) is 16.2. The van der Waals surface area contributed by atoms with Crippen molar-refractivity contribution in [1.29, 1.82) is 0 Å². The van der Waals surface area contributed by atoms with Crippen molar-refractivity contribution in [3.8, 4) is 0 Å². The average molecular weight is 297 g/mol. The van der Waals surface area contributed by atoms with Crippen molar-refractivity contribution in [2.45, 2.75) is 19.3 Å². The predicted molar refractivity (Wildman–Crippen MR) is 88.3 cm³/mol. The number of aromatic nitrogens is 1. The van der Waals surface area contributed by atoms with Crippen LogP contribution >= 0.6 is 0 Å². The number of amides is 1. The van der Waals surface area contributed by atoms with E-state index in [1.807, 2.05) is 41.3 Å². The minimum absolute atomic E-state index is 0.145. The van der Waals surface area contributed by atoms with Gasteiger partial charge in [-0.25, -0.2) is 0 Å². The van der Waals surface area contributed by atoms with Crippen molar-refractivity contribution in [2.75, 3.05) is 19.6 Å². The normalized spacial score (nSPS) is 10.4. The van der Waals surface area contributed by atoms with Gasteiger partial charge in [0.1, 0.15) is 0 Å². The smallest absolute Gasteiger partial charge is 0.223 e. The van der Waals surface area contributed by atoms with E-state index in [0.717, 1.165) is 12.1 Å². The van der Waals surface area contributed by atoms with Crippen molar-refractivity contribution in [1.82, 2.24) is 9.88 Å². The third-order valence-corrected chi connectivity index (χ3v) is 3.59. The van der Waals surface area contributed by atoms with Gasteiger partial charge in [0.25, 0.3) is 0 Å². The molecule has 4 heteroatoms. The van der Waals surface area contributed by atoms with Gasteiger partial charge in [-0.05, 0) is 30.5 Å². The molecule has 2 N–H and O–H groups in total. The monoisotopic (exact) mass is 297 g/mol. The lowest BCUT2D eigenvalue weighted by atomic mass is 10.1. The highest BCUT2D eigenvalue weighted by atomic mass is 16.2. The number of hydrogen-bond donors (Lipinski definition) is 1. The predicted octanol–water partition coefficient (Wildman–Crippen LogP) is 2.04.